The number of hydrogen-bond acceptors (Lipinski definition) is 8. The molecule has 1 aromatic heterocycles. The van der Waals surface area contributed by atoms with E-state index in [0.717, 1.165) is 59.4 Å². The zero-order chi connectivity index (χ0) is 37.4. The molecule has 0 aliphatic carbocycles. The number of aromatic nitrogens is 1. The fraction of sp³-hybridized carbons (Fsp3) is 0.341. The first-order valence-corrected chi connectivity index (χ1v) is 18.6. The van der Waals surface area contributed by atoms with Crippen molar-refractivity contribution in [1.29, 1.82) is 0 Å². The summed E-state index contributed by atoms with van der Waals surface area (Å²) in [4.78, 5) is 25.0. The van der Waals surface area contributed by atoms with Crippen LogP contribution in [-0.2, 0) is 29.3 Å². The van der Waals surface area contributed by atoms with Gasteiger partial charge >= 0.3 is 5.97 Å². The van der Waals surface area contributed by atoms with Crippen molar-refractivity contribution in [3.63, 3.8) is 0 Å². The first-order chi connectivity index (χ1) is 25.9. The Morgan fingerprint density at radius 2 is 1.43 bits per heavy atom. The van der Waals surface area contributed by atoms with Crippen LogP contribution in [-0.4, -0.2) is 36.7 Å². The highest BCUT2D eigenvalue weighted by atomic mass is 16.5. The van der Waals surface area contributed by atoms with E-state index in [0.29, 0.717) is 62.0 Å². The molecule has 2 N–H and O–H groups in total. The molecule has 0 unspecified atom stereocenters. The third-order valence-corrected chi connectivity index (χ3v) is 8.81. The highest BCUT2D eigenvalue weighted by Crippen LogP contribution is 2.44. The average molecular weight is 718 g/mol. The third kappa shape index (κ3) is 11.0. The Morgan fingerprint density at radius 3 is 2.06 bits per heavy atom. The van der Waals surface area contributed by atoms with Crippen LogP contribution in [0.15, 0.2) is 102 Å². The Morgan fingerprint density at radius 1 is 0.774 bits per heavy atom. The fourth-order valence-corrected chi connectivity index (χ4v) is 6.01. The number of carbonyl (C=O) groups is 2. The first-order valence-electron chi connectivity index (χ1n) is 18.6. The molecular formula is C44H51N3O6. The van der Waals surface area contributed by atoms with Gasteiger partial charge in [0.2, 0.25) is 0 Å². The molecule has 1 amide bonds. The van der Waals surface area contributed by atoms with Crippen LogP contribution >= 0.6 is 0 Å². The van der Waals surface area contributed by atoms with Crippen molar-refractivity contribution in [2.45, 2.75) is 79.1 Å². The lowest BCUT2D eigenvalue weighted by Gasteiger charge is -2.19. The Hall–Kier alpha value is -5.41. The summed E-state index contributed by atoms with van der Waals surface area (Å²) in [5.41, 5.74) is 6.44. The topological polar surface area (TPSA) is 112 Å². The van der Waals surface area contributed by atoms with E-state index in [1.165, 1.54) is 0 Å². The zero-order valence-electron chi connectivity index (χ0n) is 31.3. The second kappa shape index (κ2) is 20.0. The van der Waals surface area contributed by atoms with Gasteiger partial charge in [0.15, 0.2) is 11.5 Å². The molecule has 0 radical (unpaired) electrons. The molecule has 9 nitrogen and oxygen atoms in total. The maximum atomic E-state index is 13.4. The number of carbonyl (C=O) groups excluding carboxylic acids is 2. The second-order valence-corrected chi connectivity index (χ2v) is 13.2. The summed E-state index contributed by atoms with van der Waals surface area (Å²) < 4.78 is 24.1. The van der Waals surface area contributed by atoms with Gasteiger partial charge in [-0.1, -0.05) is 110 Å². The maximum Gasteiger partial charge on any atom is 0.305 e. The molecule has 53 heavy (non-hydrogen) atoms. The van der Waals surface area contributed by atoms with Crippen molar-refractivity contribution in [3.8, 4) is 33.9 Å². The van der Waals surface area contributed by atoms with E-state index in [2.05, 4.69) is 29.6 Å². The minimum absolute atomic E-state index is 0.112. The summed E-state index contributed by atoms with van der Waals surface area (Å²) in [5.74, 6) is 1.39. The van der Waals surface area contributed by atoms with Crippen molar-refractivity contribution in [2.24, 2.45) is 0 Å². The molecule has 0 atom stereocenters. The molecule has 0 bridgehead atoms. The van der Waals surface area contributed by atoms with E-state index < -0.39 is 0 Å². The predicted molar refractivity (Wildman–Crippen MR) is 208 cm³/mol. The zero-order valence-corrected chi connectivity index (χ0v) is 31.3. The maximum absolute atomic E-state index is 13.4. The quantitative estimate of drug-likeness (QED) is 0.0606. The van der Waals surface area contributed by atoms with Gasteiger partial charge in [-0.05, 0) is 73.0 Å². The summed E-state index contributed by atoms with van der Waals surface area (Å²) in [6, 6.07) is 32.1. The van der Waals surface area contributed by atoms with Gasteiger partial charge in [0.1, 0.15) is 24.7 Å². The third-order valence-electron chi connectivity index (χ3n) is 8.81. The van der Waals surface area contributed by atoms with E-state index in [1.807, 2.05) is 111 Å². The number of esters is 1. The molecule has 0 fully saturated rings. The largest absolute Gasteiger partial charge is 0.488 e. The molecule has 1 heterocycles. The Labute approximate surface area is 313 Å². The van der Waals surface area contributed by atoms with Crippen LogP contribution in [0.1, 0.15) is 92.0 Å². The van der Waals surface area contributed by atoms with Gasteiger partial charge in [-0.3, -0.25) is 9.59 Å². The molecule has 0 saturated carbocycles. The molecule has 278 valence electrons. The minimum Gasteiger partial charge on any atom is -0.488 e. The number of nitrogens with one attached hydrogen (secondary N) is 2. The summed E-state index contributed by atoms with van der Waals surface area (Å²) in [6.07, 6.45) is 3.22. The number of rotatable bonds is 20. The highest BCUT2D eigenvalue weighted by Gasteiger charge is 2.28. The molecule has 5 rings (SSSR count). The lowest BCUT2D eigenvalue weighted by Crippen LogP contribution is -2.23. The molecular weight excluding hydrogens is 666 g/mol. The van der Waals surface area contributed by atoms with Gasteiger partial charge in [-0.15, -0.1) is 0 Å². The number of ether oxygens (including phenoxy) is 3. The summed E-state index contributed by atoms with van der Waals surface area (Å²) in [6.45, 7) is 11.1. The van der Waals surface area contributed by atoms with Crippen molar-refractivity contribution in [3.05, 3.63) is 125 Å². The summed E-state index contributed by atoms with van der Waals surface area (Å²) in [5, 5.41) is 10.7. The number of benzene rings is 4. The average Bonchev–Trinajstić information content (AvgIpc) is 3.62. The number of hydrogen-bond donors (Lipinski definition) is 2. The van der Waals surface area contributed by atoms with E-state index in [1.54, 1.807) is 0 Å². The molecule has 0 spiro atoms. The molecule has 4 aromatic carbocycles. The van der Waals surface area contributed by atoms with E-state index in [4.69, 9.17) is 18.7 Å². The summed E-state index contributed by atoms with van der Waals surface area (Å²) in [7, 11) is 0. The van der Waals surface area contributed by atoms with Crippen molar-refractivity contribution in [2.75, 3.05) is 19.7 Å². The Bertz CT molecular complexity index is 1890. The van der Waals surface area contributed by atoms with Gasteiger partial charge < -0.3 is 29.4 Å². The Kier molecular flexibility index (Phi) is 14.6. The van der Waals surface area contributed by atoms with Gasteiger partial charge in [0, 0.05) is 25.6 Å². The van der Waals surface area contributed by atoms with Crippen LogP contribution in [0.2, 0.25) is 0 Å². The van der Waals surface area contributed by atoms with Gasteiger partial charge in [0.25, 0.3) is 5.91 Å². The molecule has 0 aliphatic rings. The van der Waals surface area contributed by atoms with Gasteiger partial charge in [-0.2, -0.15) is 0 Å². The van der Waals surface area contributed by atoms with Crippen LogP contribution in [0.5, 0.6) is 11.5 Å². The van der Waals surface area contributed by atoms with Crippen LogP contribution in [0.25, 0.3) is 22.5 Å². The van der Waals surface area contributed by atoms with E-state index >= 15 is 0 Å². The minimum atomic E-state index is -0.315. The molecule has 5 aromatic rings. The lowest BCUT2D eigenvalue weighted by molar-refractivity contribution is -0.143. The number of nitrogens with zero attached hydrogens (tertiary/aromatic N) is 1. The molecule has 9 heteroatoms. The van der Waals surface area contributed by atoms with E-state index in [9.17, 15) is 9.59 Å². The van der Waals surface area contributed by atoms with E-state index in [-0.39, 0.29) is 23.5 Å². The lowest BCUT2D eigenvalue weighted by atomic mass is 9.93. The fourth-order valence-electron chi connectivity index (χ4n) is 6.01. The predicted octanol–water partition coefficient (Wildman–Crippen LogP) is 9.25. The van der Waals surface area contributed by atoms with Crippen molar-refractivity contribution >= 4 is 11.9 Å². The normalized spacial score (nSPS) is 11.0. The standard InChI is InChI=1S/C44H51N3O6/c1-5-46-44(49)42-41(35-23-21-32(22-24-35)28-45-25-15-9-14-20-40(48)50-6-2)43(53-47-42)37-26-36(31(3)4)38(51-29-33-16-10-7-11-17-33)27-39(37)52-30-34-18-12-8-13-19-34/h7-8,10-13,16-19,21-24,26-27,31,45H,5-6,9,14-15,20,25,28-30H2,1-4H3,(H,46,49). The Balaban J connectivity index is 1.44. The van der Waals surface area contributed by atoms with Gasteiger partial charge in [-0.25, -0.2) is 0 Å². The van der Waals surface area contributed by atoms with Crippen LogP contribution in [0.4, 0.5) is 0 Å². The smallest absolute Gasteiger partial charge is 0.305 e. The number of unbranched alkanes of at least 4 members (excludes halogenated alkanes) is 2. The molecule has 0 aliphatic heterocycles. The van der Waals surface area contributed by atoms with Crippen LogP contribution in [0, 0.1) is 0 Å². The van der Waals surface area contributed by atoms with Crippen LogP contribution < -0.4 is 20.1 Å². The summed E-state index contributed by atoms with van der Waals surface area (Å²) >= 11 is 0. The SMILES string of the molecule is CCNC(=O)c1noc(-c2cc(C(C)C)c(OCc3ccccc3)cc2OCc2ccccc2)c1-c1ccc(CNCCCCCC(=O)OCC)cc1. The highest BCUT2D eigenvalue weighted by molar-refractivity contribution is 6.02. The second-order valence-electron chi connectivity index (χ2n) is 13.2. The monoisotopic (exact) mass is 717 g/mol. The first kappa shape index (κ1) is 38.8. The van der Waals surface area contributed by atoms with Crippen molar-refractivity contribution < 1.29 is 28.3 Å². The van der Waals surface area contributed by atoms with Crippen LogP contribution in [0.3, 0.4) is 0 Å². The number of amides is 1. The van der Waals surface area contributed by atoms with Crippen molar-refractivity contribution in [1.82, 2.24) is 15.8 Å². The molecule has 0 saturated heterocycles. The van der Waals surface area contributed by atoms with Gasteiger partial charge in [0.05, 0.1) is 17.7 Å².